The van der Waals surface area contributed by atoms with Gasteiger partial charge in [0, 0.05) is 18.0 Å². The molecule has 0 amide bonds. The molecule has 15 heavy (non-hydrogen) atoms. The van der Waals surface area contributed by atoms with Crippen molar-refractivity contribution in [2.75, 3.05) is 0 Å². The van der Waals surface area contributed by atoms with Gasteiger partial charge in [0.2, 0.25) is 0 Å². The summed E-state index contributed by atoms with van der Waals surface area (Å²) in [6, 6.07) is 1.71. The highest BCUT2D eigenvalue weighted by molar-refractivity contribution is 5.85. The maximum atomic E-state index is 10.2. The van der Waals surface area contributed by atoms with Crippen LogP contribution < -0.4 is 0 Å². The van der Waals surface area contributed by atoms with Gasteiger partial charge in [-0.25, -0.2) is 4.79 Å². The van der Waals surface area contributed by atoms with Gasteiger partial charge in [0.15, 0.2) is 0 Å². The molecule has 0 saturated carbocycles. The van der Waals surface area contributed by atoms with Crippen molar-refractivity contribution in [3.63, 3.8) is 0 Å². The van der Waals surface area contributed by atoms with E-state index in [2.05, 4.69) is 9.72 Å². The molecular weight excluding hydrogens is 198 g/mol. The van der Waals surface area contributed by atoms with E-state index in [9.17, 15) is 9.59 Å². The first-order valence-electron chi connectivity index (χ1n) is 4.07. The van der Waals surface area contributed by atoms with Crippen molar-refractivity contribution in [1.82, 2.24) is 4.98 Å². The third kappa shape index (κ3) is 3.95. The number of rotatable bonds is 5. The van der Waals surface area contributed by atoms with Gasteiger partial charge in [-0.05, 0) is 23.8 Å². The lowest BCUT2D eigenvalue weighted by atomic mass is 10.3. The number of carbonyl (C=O) groups excluding carboxylic acids is 1. The zero-order valence-corrected chi connectivity index (χ0v) is 7.71. The SMILES string of the molecule is O=CO/C=C/c1c[nH]c(/C=C/C(=O)O)c1. The number of nitrogens with one attached hydrogen (secondary N) is 1. The predicted molar refractivity (Wildman–Crippen MR) is 53.6 cm³/mol. The third-order valence-corrected chi connectivity index (χ3v) is 1.53. The first kappa shape index (κ1) is 10.8. The van der Waals surface area contributed by atoms with Crippen LogP contribution in [0.15, 0.2) is 24.6 Å². The molecule has 1 heterocycles. The molecule has 0 aliphatic rings. The van der Waals surface area contributed by atoms with Crippen molar-refractivity contribution >= 4 is 24.6 Å². The molecule has 2 N–H and O–H groups in total. The average Bonchev–Trinajstić information content (AvgIpc) is 2.63. The first-order chi connectivity index (χ1) is 7.22. The van der Waals surface area contributed by atoms with E-state index in [1.165, 1.54) is 12.3 Å². The number of ether oxygens (including phenoxy) is 1. The summed E-state index contributed by atoms with van der Waals surface area (Å²) in [6.07, 6.45) is 6.93. The largest absolute Gasteiger partial charge is 0.478 e. The highest BCUT2D eigenvalue weighted by Crippen LogP contribution is 2.07. The van der Waals surface area contributed by atoms with Crippen LogP contribution in [0.25, 0.3) is 12.2 Å². The van der Waals surface area contributed by atoms with Crippen LogP contribution in [0.5, 0.6) is 0 Å². The summed E-state index contributed by atoms with van der Waals surface area (Å²) in [4.78, 5) is 22.9. The van der Waals surface area contributed by atoms with Gasteiger partial charge in [-0.15, -0.1) is 0 Å². The number of aromatic nitrogens is 1. The number of carboxylic acid groups (broad SMARTS) is 1. The van der Waals surface area contributed by atoms with Crippen molar-refractivity contribution < 1.29 is 19.4 Å². The number of hydrogen-bond donors (Lipinski definition) is 2. The van der Waals surface area contributed by atoms with Crippen molar-refractivity contribution in [2.24, 2.45) is 0 Å². The number of hydrogen-bond acceptors (Lipinski definition) is 3. The molecule has 1 rings (SSSR count). The fourth-order valence-electron chi connectivity index (χ4n) is 0.933. The number of carboxylic acids is 1. The lowest BCUT2D eigenvalue weighted by molar-refractivity contribution is -0.131. The Morgan fingerprint density at radius 3 is 2.93 bits per heavy atom. The third-order valence-electron chi connectivity index (χ3n) is 1.53. The van der Waals surface area contributed by atoms with E-state index in [1.54, 1.807) is 18.3 Å². The number of aromatic amines is 1. The maximum absolute atomic E-state index is 10.2. The van der Waals surface area contributed by atoms with Crippen molar-refractivity contribution in [3.05, 3.63) is 35.9 Å². The van der Waals surface area contributed by atoms with Gasteiger partial charge in [-0.3, -0.25) is 4.79 Å². The Morgan fingerprint density at radius 2 is 2.27 bits per heavy atom. The van der Waals surface area contributed by atoms with E-state index in [1.807, 2.05) is 0 Å². The molecule has 1 aromatic heterocycles. The average molecular weight is 207 g/mol. The van der Waals surface area contributed by atoms with Crippen LogP contribution in [-0.4, -0.2) is 22.5 Å². The van der Waals surface area contributed by atoms with Crippen LogP contribution in [-0.2, 0) is 14.3 Å². The lowest BCUT2D eigenvalue weighted by Crippen LogP contribution is -1.85. The predicted octanol–water partition coefficient (Wildman–Crippen LogP) is 1.26. The van der Waals surface area contributed by atoms with Crippen LogP contribution >= 0.6 is 0 Å². The molecule has 0 aromatic carbocycles. The van der Waals surface area contributed by atoms with Crippen molar-refractivity contribution in [2.45, 2.75) is 0 Å². The van der Waals surface area contributed by atoms with E-state index < -0.39 is 5.97 Å². The molecule has 0 atom stereocenters. The Hall–Kier alpha value is -2.30. The summed E-state index contributed by atoms with van der Waals surface area (Å²) in [5.41, 5.74) is 1.44. The molecule has 1 aromatic rings. The Balaban J connectivity index is 2.63. The van der Waals surface area contributed by atoms with Gasteiger partial charge in [-0.2, -0.15) is 0 Å². The molecule has 0 radical (unpaired) electrons. The van der Waals surface area contributed by atoms with Gasteiger partial charge in [0.1, 0.15) is 0 Å². The van der Waals surface area contributed by atoms with E-state index >= 15 is 0 Å². The zero-order chi connectivity index (χ0) is 11.1. The minimum absolute atomic E-state index is 0.314. The second-order valence-electron chi connectivity index (χ2n) is 2.59. The van der Waals surface area contributed by atoms with Crippen LogP contribution in [0, 0.1) is 0 Å². The maximum Gasteiger partial charge on any atom is 0.328 e. The number of aliphatic carboxylic acids is 1. The number of H-pyrrole nitrogens is 1. The van der Waals surface area contributed by atoms with Gasteiger partial charge in [0.05, 0.1) is 6.26 Å². The molecule has 5 nitrogen and oxygen atoms in total. The molecule has 0 bridgehead atoms. The van der Waals surface area contributed by atoms with E-state index in [0.717, 1.165) is 11.6 Å². The van der Waals surface area contributed by atoms with Gasteiger partial charge < -0.3 is 14.8 Å². The van der Waals surface area contributed by atoms with Crippen LogP contribution in [0.4, 0.5) is 0 Å². The minimum Gasteiger partial charge on any atom is -0.478 e. The Labute approximate surface area is 85.7 Å². The molecule has 0 saturated heterocycles. The summed E-state index contributed by atoms with van der Waals surface area (Å²) in [5.74, 6) is -1.01. The fourth-order valence-corrected chi connectivity index (χ4v) is 0.933. The Kier molecular flexibility index (Phi) is 3.91. The Bertz CT molecular complexity index is 403. The van der Waals surface area contributed by atoms with Gasteiger partial charge in [-0.1, -0.05) is 0 Å². The normalized spacial score (nSPS) is 10.9. The first-order valence-corrected chi connectivity index (χ1v) is 4.07. The molecule has 78 valence electrons. The number of carbonyl (C=O) groups is 2. The summed E-state index contributed by atoms with van der Waals surface area (Å²) in [6.45, 7) is 0.314. The molecule has 0 unspecified atom stereocenters. The molecule has 0 aliphatic heterocycles. The quantitative estimate of drug-likeness (QED) is 0.432. The van der Waals surface area contributed by atoms with Crippen LogP contribution in [0.2, 0.25) is 0 Å². The highest BCUT2D eigenvalue weighted by atomic mass is 16.5. The summed E-state index contributed by atoms with van der Waals surface area (Å²) >= 11 is 0. The summed E-state index contributed by atoms with van der Waals surface area (Å²) in [7, 11) is 0. The van der Waals surface area contributed by atoms with Crippen LogP contribution in [0.1, 0.15) is 11.3 Å². The monoisotopic (exact) mass is 207 g/mol. The lowest BCUT2D eigenvalue weighted by Gasteiger charge is -1.83. The second-order valence-corrected chi connectivity index (χ2v) is 2.59. The van der Waals surface area contributed by atoms with Crippen molar-refractivity contribution in [3.8, 4) is 0 Å². The standard InChI is InChI=1S/C10H9NO4/c12-7-15-4-3-8-5-9(11-6-8)1-2-10(13)14/h1-7,11H,(H,13,14)/b2-1+,4-3+. The second kappa shape index (κ2) is 5.43. The van der Waals surface area contributed by atoms with Crippen LogP contribution in [0.3, 0.4) is 0 Å². The smallest absolute Gasteiger partial charge is 0.328 e. The molecular formula is C10H9NO4. The Morgan fingerprint density at radius 1 is 1.47 bits per heavy atom. The highest BCUT2D eigenvalue weighted by Gasteiger charge is 1.93. The molecule has 0 fully saturated rings. The van der Waals surface area contributed by atoms with E-state index in [0.29, 0.717) is 12.2 Å². The summed E-state index contributed by atoms with van der Waals surface area (Å²) < 4.78 is 4.36. The van der Waals surface area contributed by atoms with E-state index in [4.69, 9.17) is 5.11 Å². The topological polar surface area (TPSA) is 79.4 Å². The molecule has 0 spiro atoms. The van der Waals surface area contributed by atoms with Gasteiger partial charge in [0.25, 0.3) is 6.47 Å². The zero-order valence-electron chi connectivity index (χ0n) is 7.71. The fraction of sp³-hybridized carbons (Fsp3) is 0. The van der Waals surface area contributed by atoms with Gasteiger partial charge >= 0.3 is 5.97 Å². The van der Waals surface area contributed by atoms with Crippen molar-refractivity contribution in [1.29, 1.82) is 0 Å². The minimum atomic E-state index is -1.01. The molecule has 5 heteroatoms. The van der Waals surface area contributed by atoms with E-state index in [-0.39, 0.29) is 0 Å². The summed E-state index contributed by atoms with van der Waals surface area (Å²) in [5, 5.41) is 8.38. The molecule has 0 aliphatic carbocycles.